The molecular weight excluding hydrogens is 336 g/mol. The van der Waals surface area contributed by atoms with Crippen molar-refractivity contribution in [3.8, 4) is 0 Å². The van der Waals surface area contributed by atoms with E-state index in [9.17, 15) is 4.79 Å². The minimum absolute atomic E-state index is 0.310. The van der Waals surface area contributed by atoms with Crippen molar-refractivity contribution in [3.63, 3.8) is 0 Å². The number of nitrogens with zero attached hydrogens (tertiary/aromatic N) is 1. The van der Waals surface area contributed by atoms with Crippen molar-refractivity contribution in [1.82, 2.24) is 10.2 Å². The fourth-order valence-electron chi connectivity index (χ4n) is 2.20. The van der Waals surface area contributed by atoms with Gasteiger partial charge in [-0.15, -0.1) is 11.8 Å². The molecule has 1 aromatic rings. The monoisotopic (exact) mass is 356 g/mol. The molecule has 1 amide bonds. The molecule has 1 fully saturated rings. The third kappa shape index (κ3) is 5.46. The van der Waals surface area contributed by atoms with Crippen LogP contribution in [-0.2, 0) is 4.79 Å². The smallest absolute Gasteiger partial charge is 0.222 e. The van der Waals surface area contributed by atoms with Gasteiger partial charge in [-0.1, -0.05) is 15.9 Å². The molecular formula is C15H21BrN2OS. The molecule has 20 heavy (non-hydrogen) atoms. The topological polar surface area (TPSA) is 32.3 Å². The molecule has 1 heterocycles. The minimum Gasteiger partial charge on any atom is -0.341 e. The van der Waals surface area contributed by atoms with Crippen LogP contribution in [-0.4, -0.2) is 42.7 Å². The van der Waals surface area contributed by atoms with Gasteiger partial charge < -0.3 is 10.2 Å². The summed E-state index contributed by atoms with van der Waals surface area (Å²) in [4.78, 5) is 15.4. The van der Waals surface area contributed by atoms with Crippen LogP contribution in [0.3, 0.4) is 0 Å². The average Bonchev–Trinajstić information content (AvgIpc) is 2.74. The van der Waals surface area contributed by atoms with Crippen LogP contribution in [0.4, 0.5) is 0 Å². The first-order valence-electron chi connectivity index (χ1n) is 7.12. The Bertz CT molecular complexity index is 416. The minimum atomic E-state index is 0.310. The number of nitrogens with one attached hydrogen (secondary N) is 1. The molecule has 1 N–H and O–H groups in total. The van der Waals surface area contributed by atoms with Crippen LogP contribution < -0.4 is 5.32 Å². The molecule has 5 heteroatoms. The van der Waals surface area contributed by atoms with E-state index < -0.39 is 0 Å². The number of hydrogen-bond donors (Lipinski definition) is 1. The SMILES string of the molecule is O=C(CCCSc1ccc(Br)cc1)N1CCCNCC1. The normalized spacial score (nSPS) is 15.9. The highest BCUT2D eigenvalue weighted by Crippen LogP contribution is 2.21. The van der Waals surface area contributed by atoms with Crippen LogP contribution in [0.5, 0.6) is 0 Å². The van der Waals surface area contributed by atoms with Gasteiger partial charge >= 0.3 is 0 Å². The summed E-state index contributed by atoms with van der Waals surface area (Å²) in [6.45, 7) is 3.73. The second kappa shape index (κ2) is 8.70. The van der Waals surface area contributed by atoms with Gasteiger partial charge in [0.05, 0.1) is 0 Å². The van der Waals surface area contributed by atoms with Gasteiger partial charge in [0.1, 0.15) is 0 Å². The predicted molar refractivity (Wildman–Crippen MR) is 88.2 cm³/mol. The molecule has 3 nitrogen and oxygen atoms in total. The van der Waals surface area contributed by atoms with Gasteiger partial charge in [-0.3, -0.25) is 4.79 Å². The van der Waals surface area contributed by atoms with Crippen LogP contribution in [0.1, 0.15) is 19.3 Å². The Hall–Kier alpha value is -0.520. The Labute approximate surface area is 133 Å². The summed E-state index contributed by atoms with van der Waals surface area (Å²) in [6, 6.07) is 8.32. The lowest BCUT2D eigenvalue weighted by molar-refractivity contribution is -0.131. The Morgan fingerprint density at radius 2 is 2.05 bits per heavy atom. The summed E-state index contributed by atoms with van der Waals surface area (Å²) in [5.41, 5.74) is 0. The molecule has 0 atom stereocenters. The zero-order valence-corrected chi connectivity index (χ0v) is 14.0. The van der Waals surface area contributed by atoms with E-state index in [-0.39, 0.29) is 0 Å². The highest BCUT2D eigenvalue weighted by molar-refractivity contribution is 9.10. The zero-order valence-electron chi connectivity index (χ0n) is 11.6. The van der Waals surface area contributed by atoms with Crippen LogP contribution in [0, 0.1) is 0 Å². The van der Waals surface area contributed by atoms with Crippen molar-refractivity contribution in [1.29, 1.82) is 0 Å². The number of amides is 1. The molecule has 0 bridgehead atoms. The molecule has 1 saturated heterocycles. The second-order valence-electron chi connectivity index (χ2n) is 4.89. The maximum Gasteiger partial charge on any atom is 0.222 e. The van der Waals surface area contributed by atoms with Gasteiger partial charge in [-0.2, -0.15) is 0 Å². The van der Waals surface area contributed by atoms with Crippen molar-refractivity contribution in [2.45, 2.75) is 24.2 Å². The molecule has 110 valence electrons. The third-order valence-corrected chi connectivity index (χ3v) is 4.94. The second-order valence-corrected chi connectivity index (χ2v) is 6.97. The molecule has 1 aromatic carbocycles. The summed E-state index contributed by atoms with van der Waals surface area (Å²) < 4.78 is 1.10. The highest BCUT2D eigenvalue weighted by Gasteiger charge is 2.14. The van der Waals surface area contributed by atoms with Crippen LogP contribution in [0.2, 0.25) is 0 Å². The van der Waals surface area contributed by atoms with Crippen molar-refractivity contribution >= 4 is 33.6 Å². The number of rotatable bonds is 5. The summed E-state index contributed by atoms with van der Waals surface area (Å²) in [7, 11) is 0. The van der Waals surface area contributed by atoms with Crippen LogP contribution >= 0.6 is 27.7 Å². The standard InChI is InChI=1S/C15H21BrN2OS/c16-13-4-6-14(7-5-13)20-12-1-3-15(19)18-10-2-8-17-9-11-18/h4-7,17H,1-3,8-12H2. The van der Waals surface area contributed by atoms with E-state index in [2.05, 4.69) is 45.5 Å². The molecule has 0 aromatic heterocycles. The van der Waals surface area contributed by atoms with E-state index in [0.29, 0.717) is 12.3 Å². The quantitative estimate of drug-likeness (QED) is 0.649. The fraction of sp³-hybridized carbons (Fsp3) is 0.533. The average molecular weight is 357 g/mol. The highest BCUT2D eigenvalue weighted by atomic mass is 79.9. The number of thioether (sulfide) groups is 1. The molecule has 0 spiro atoms. The largest absolute Gasteiger partial charge is 0.341 e. The number of carbonyl (C=O) groups excluding carboxylic acids is 1. The Morgan fingerprint density at radius 3 is 2.85 bits per heavy atom. The maximum atomic E-state index is 12.1. The first-order chi connectivity index (χ1) is 9.75. The van der Waals surface area contributed by atoms with Crippen LogP contribution in [0.15, 0.2) is 33.6 Å². The lowest BCUT2D eigenvalue weighted by Gasteiger charge is -2.19. The van der Waals surface area contributed by atoms with Crippen molar-refractivity contribution in [2.24, 2.45) is 0 Å². The number of hydrogen-bond acceptors (Lipinski definition) is 3. The first kappa shape index (κ1) is 15.9. The summed E-state index contributed by atoms with van der Waals surface area (Å²) in [5.74, 6) is 1.31. The van der Waals surface area contributed by atoms with E-state index in [1.54, 1.807) is 0 Å². The van der Waals surface area contributed by atoms with Crippen molar-refractivity contribution in [3.05, 3.63) is 28.7 Å². The fourth-order valence-corrected chi connectivity index (χ4v) is 3.31. The Balaban J connectivity index is 1.64. The molecule has 0 radical (unpaired) electrons. The first-order valence-corrected chi connectivity index (χ1v) is 8.90. The molecule has 1 aliphatic heterocycles. The van der Waals surface area contributed by atoms with Crippen molar-refractivity contribution in [2.75, 3.05) is 31.9 Å². The summed E-state index contributed by atoms with van der Waals surface area (Å²) in [6.07, 6.45) is 2.69. The number of benzene rings is 1. The zero-order chi connectivity index (χ0) is 14.2. The summed E-state index contributed by atoms with van der Waals surface area (Å²) >= 11 is 5.25. The molecule has 1 aliphatic rings. The molecule has 0 aliphatic carbocycles. The van der Waals surface area contributed by atoms with E-state index in [0.717, 1.165) is 49.2 Å². The molecule has 0 unspecified atom stereocenters. The van der Waals surface area contributed by atoms with Gasteiger partial charge in [0.15, 0.2) is 0 Å². The molecule has 0 saturated carbocycles. The number of halogens is 1. The lowest BCUT2D eigenvalue weighted by Crippen LogP contribution is -2.34. The van der Waals surface area contributed by atoms with Gasteiger partial charge in [0.2, 0.25) is 5.91 Å². The van der Waals surface area contributed by atoms with Gasteiger partial charge in [-0.05, 0) is 49.4 Å². The summed E-state index contributed by atoms with van der Waals surface area (Å²) in [5, 5.41) is 3.32. The van der Waals surface area contributed by atoms with Crippen molar-refractivity contribution < 1.29 is 4.79 Å². The van der Waals surface area contributed by atoms with E-state index in [1.807, 2.05) is 16.7 Å². The Kier molecular flexibility index (Phi) is 6.90. The third-order valence-electron chi connectivity index (χ3n) is 3.31. The van der Waals surface area contributed by atoms with Gasteiger partial charge in [-0.25, -0.2) is 0 Å². The van der Waals surface area contributed by atoms with E-state index >= 15 is 0 Å². The molecule has 2 rings (SSSR count). The lowest BCUT2D eigenvalue weighted by atomic mass is 10.3. The number of carbonyl (C=O) groups is 1. The van der Waals surface area contributed by atoms with Gasteiger partial charge in [0, 0.05) is 35.4 Å². The van der Waals surface area contributed by atoms with E-state index in [4.69, 9.17) is 0 Å². The maximum absolute atomic E-state index is 12.1. The van der Waals surface area contributed by atoms with Crippen LogP contribution in [0.25, 0.3) is 0 Å². The predicted octanol–water partition coefficient (Wildman–Crippen LogP) is 3.14. The van der Waals surface area contributed by atoms with Gasteiger partial charge in [0.25, 0.3) is 0 Å². The Morgan fingerprint density at radius 1 is 1.25 bits per heavy atom. The van der Waals surface area contributed by atoms with E-state index in [1.165, 1.54) is 4.90 Å².